The van der Waals surface area contributed by atoms with Crippen molar-refractivity contribution in [3.63, 3.8) is 0 Å². The highest BCUT2D eigenvalue weighted by atomic mass is 19.1. The third-order valence-corrected chi connectivity index (χ3v) is 7.43. The lowest BCUT2D eigenvalue weighted by atomic mass is 10.00. The number of carbonyl (C=O) groups is 2. The van der Waals surface area contributed by atoms with E-state index in [0.717, 1.165) is 48.4 Å². The SMILES string of the molecule is CCCCc1ccc(-c2ccc(CN(C(=O)CCC3CCCC3)c3cc(C(=O)O)ccc3F)cc2)cc1. The Morgan fingerprint density at radius 1 is 0.919 bits per heavy atom. The van der Waals surface area contributed by atoms with Gasteiger partial charge in [0, 0.05) is 6.42 Å². The fourth-order valence-corrected chi connectivity index (χ4v) is 5.15. The van der Waals surface area contributed by atoms with Crippen LogP contribution in [0.4, 0.5) is 10.1 Å². The summed E-state index contributed by atoms with van der Waals surface area (Å²) in [6, 6.07) is 20.2. The molecular weight excluding hydrogens is 465 g/mol. The van der Waals surface area contributed by atoms with Crippen LogP contribution in [0.3, 0.4) is 0 Å². The molecule has 5 heteroatoms. The van der Waals surface area contributed by atoms with Gasteiger partial charge in [0.05, 0.1) is 17.8 Å². The van der Waals surface area contributed by atoms with Crippen molar-refractivity contribution in [2.24, 2.45) is 5.92 Å². The van der Waals surface area contributed by atoms with Crippen molar-refractivity contribution in [2.45, 2.75) is 71.3 Å². The second kappa shape index (κ2) is 12.7. The third-order valence-electron chi connectivity index (χ3n) is 7.43. The number of anilines is 1. The van der Waals surface area contributed by atoms with Crippen LogP contribution in [0.15, 0.2) is 66.7 Å². The second-order valence-corrected chi connectivity index (χ2v) is 10.1. The first-order valence-corrected chi connectivity index (χ1v) is 13.5. The summed E-state index contributed by atoms with van der Waals surface area (Å²) in [5.74, 6) is -1.39. The minimum atomic E-state index is -1.15. The lowest BCUT2D eigenvalue weighted by Gasteiger charge is -2.25. The van der Waals surface area contributed by atoms with Crippen molar-refractivity contribution in [3.05, 3.63) is 89.2 Å². The quantitative estimate of drug-likeness (QED) is 0.289. The molecule has 0 atom stereocenters. The Kier molecular flexibility index (Phi) is 9.10. The van der Waals surface area contributed by atoms with Crippen LogP contribution < -0.4 is 4.90 Å². The van der Waals surface area contributed by atoms with Crippen molar-refractivity contribution < 1.29 is 19.1 Å². The summed E-state index contributed by atoms with van der Waals surface area (Å²) >= 11 is 0. The van der Waals surface area contributed by atoms with Gasteiger partial charge >= 0.3 is 5.97 Å². The molecule has 0 saturated heterocycles. The molecule has 0 unspecified atom stereocenters. The Balaban J connectivity index is 1.53. The van der Waals surface area contributed by atoms with E-state index in [1.807, 2.05) is 24.3 Å². The number of rotatable bonds is 11. The molecule has 4 nitrogen and oxygen atoms in total. The highest BCUT2D eigenvalue weighted by molar-refractivity contribution is 5.95. The average molecular weight is 502 g/mol. The van der Waals surface area contributed by atoms with Crippen molar-refractivity contribution in [3.8, 4) is 11.1 Å². The van der Waals surface area contributed by atoms with Crippen molar-refractivity contribution >= 4 is 17.6 Å². The van der Waals surface area contributed by atoms with E-state index in [9.17, 15) is 19.1 Å². The van der Waals surface area contributed by atoms with E-state index in [-0.39, 0.29) is 23.7 Å². The summed E-state index contributed by atoms with van der Waals surface area (Å²) in [6.45, 7) is 2.37. The number of amides is 1. The first-order valence-electron chi connectivity index (χ1n) is 13.5. The molecule has 0 bridgehead atoms. The van der Waals surface area contributed by atoms with Gasteiger partial charge in [-0.3, -0.25) is 4.79 Å². The normalized spacial score (nSPS) is 13.6. The van der Waals surface area contributed by atoms with E-state index in [1.165, 1.54) is 48.3 Å². The van der Waals surface area contributed by atoms with Crippen LogP contribution >= 0.6 is 0 Å². The summed E-state index contributed by atoms with van der Waals surface area (Å²) in [7, 11) is 0. The predicted octanol–water partition coefficient (Wildman–Crippen LogP) is 8.04. The van der Waals surface area contributed by atoms with Crippen LogP contribution in [0.1, 0.15) is 79.8 Å². The van der Waals surface area contributed by atoms with Gasteiger partial charge in [-0.2, -0.15) is 0 Å². The highest BCUT2D eigenvalue weighted by Gasteiger charge is 2.23. The number of carbonyl (C=O) groups excluding carboxylic acids is 1. The molecule has 0 spiro atoms. The molecule has 0 aromatic heterocycles. The molecule has 1 aliphatic carbocycles. The molecule has 4 rings (SSSR count). The van der Waals surface area contributed by atoms with Gasteiger partial charge < -0.3 is 10.0 Å². The van der Waals surface area contributed by atoms with Gasteiger partial charge in [0.2, 0.25) is 5.91 Å². The molecule has 3 aromatic carbocycles. The van der Waals surface area contributed by atoms with E-state index in [0.29, 0.717) is 12.3 Å². The monoisotopic (exact) mass is 501 g/mol. The van der Waals surface area contributed by atoms with Gasteiger partial charge in [-0.05, 0) is 65.6 Å². The number of hydrogen-bond acceptors (Lipinski definition) is 2. The summed E-state index contributed by atoms with van der Waals surface area (Å²) in [5.41, 5.74) is 4.36. The van der Waals surface area contributed by atoms with Crippen LogP contribution in [0.2, 0.25) is 0 Å². The van der Waals surface area contributed by atoms with Gasteiger partial charge in [0.1, 0.15) is 5.82 Å². The zero-order valence-corrected chi connectivity index (χ0v) is 21.6. The molecular formula is C32H36FNO3. The highest BCUT2D eigenvalue weighted by Crippen LogP contribution is 2.31. The lowest BCUT2D eigenvalue weighted by Crippen LogP contribution is -2.31. The van der Waals surface area contributed by atoms with Crippen molar-refractivity contribution in [1.82, 2.24) is 0 Å². The van der Waals surface area contributed by atoms with Crippen LogP contribution in [-0.2, 0) is 17.8 Å². The fraction of sp³-hybridized carbons (Fsp3) is 0.375. The molecule has 37 heavy (non-hydrogen) atoms. The number of aromatic carboxylic acids is 1. The van der Waals surface area contributed by atoms with Gasteiger partial charge in [-0.1, -0.05) is 87.6 Å². The minimum Gasteiger partial charge on any atom is -0.478 e. The van der Waals surface area contributed by atoms with Gasteiger partial charge in [-0.15, -0.1) is 0 Å². The first kappa shape index (κ1) is 26.6. The van der Waals surface area contributed by atoms with Gasteiger partial charge in [-0.25, -0.2) is 9.18 Å². The maximum atomic E-state index is 14.9. The Bertz CT molecular complexity index is 1200. The number of aryl methyl sites for hydroxylation is 1. The zero-order chi connectivity index (χ0) is 26.2. The number of carboxylic acid groups (broad SMARTS) is 1. The maximum absolute atomic E-state index is 14.9. The van der Waals surface area contributed by atoms with Crippen molar-refractivity contribution in [2.75, 3.05) is 4.90 Å². The minimum absolute atomic E-state index is 0.0167. The van der Waals surface area contributed by atoms with E-state index in [4.69, 9.17) is 0 Å². The van der Waals surface area contributed by atoms with E-state index >= 15 is 0 Å². The molecule has 1 fully saturated rings. The molecule has 3 aromatic rings. The number of halogens is 1. The number of nitrogens with zero attached hydrogens (tertiary/aromatic N) is 1. The number of benzene rings is 3. The number of unbranched alkanes of at least 4 members (excludes halogenated alkanes) is 1. The van der Waals surface area contributed by atoms with E-state index in [2.05, 4.69) is 31.2 Å². The first-order chi connectivity index (χ1) is 17.9. The Labute approximate surface area is 219 Å². The molecule has 0 aliphatic heterocycles. The predicted molar refractivity (Wildman–Crippen MR) is 146 cm³/mol. The molecule has 1 N–H and O–H groups in total. The van der Waals surface area contributed by atoms with Gasteiger partial charge in [0.25, 0.3) is 0 Å². The Morgan fingerprint density at radius 2 is 1.54 bits per heavy atom. The van der Waals surface area contributed by atoms with Crippen LogP contribution in [0, 0.1) is 11.7 Å². The van der Waals surface area contributed by atoms with Gasteiger partial charge in [0.15, 0.2) is 0 Å². The van der Waals surface area contributed by atoms with Crippen LogP contribution in [-0.4, -0.2) is 17.0 Å². The largest absolute Gasteiger partial charge is 0.478 e. The maximum Gasteiger partial charge on any atom is 0.335 e. The fourth-order valence-electron chi connectivity index (χ4n) is 5.15. The molecule has 1 aliphatic rings. The smallest absolute Gasteiger partial charge is 0.335 e. The molecule has 0 heterocycles. The van der Waals surface area contributed by atoms with Crippen LogP contribution in [0.5, 0.6) is 0 Å². The molecule has 194 valence electrons. The molecule has 0 radical (unpaired) electrons. The molecule has 1 amide bonds. The number of carboxylic acids is 1. The van der Waals surface area contributed by atoms with E-state index < -0.39 is 11.8 Å². The standard InChI is InChI=1S/C32H36FNO3/c1-2-3-6-24-9-14-26(15-10-24)27-16-11-25(12-17-27)22-34(31(35)20-13-23-7-4-5-8-23)30-21-28(32(36)37)18-19-29(30)33/h9-12,14-19,21,23H,2-8,13,20,22H2,1H3,(H,36,37). The Hall–Kier alpha value is -3.47. The lowest BCUT2D eigenvalue weighted by molar-refractivity contribution is -0.119. The Morgan fingerprint density at radius 3 is 2.14 bits per heavy atom. The average Bonchev–Trinajstić information content (AvgIpc) is 3.44. The summed E-state index contributed by atoms with van der Waals surface area (Å²) in [5, 5.41) is 9.43. The van der Waals surface area contributed by atoms with Crippen molar-refractivity contribution in [1.29, 1.82) is 0 Å². The van der Waals surface area contributed by atoms with Crippen LogP contribution in [0.25, 0.3) is 11.1 Å². The second-order valence-electron chi connectivity index (χ2n) is 10.1. The summed E-state index contributed by atoms with van der Waals surface area (Å²) in [6.07, 6.45) is 9.21. The molecule has 1 saturated carbocycles. The summed E-state index contributed by atoms with van der Waals surface area (Å²) < 4.78 is 14.9. The third kappa shape index (κ3) is 7.06. The van der Waals surface area contributed by atoms with E-state index in [1.54, 1.807) is 0 Å². The number of hydrogen-bond donors (Lipinski definition) is 1. The summed E-state index contributed by atoms with van der Waals surface area (Å²) in [4.78, 5) is 26.3. The topological polar surface area (TPSA) is 57.6 Å². The zero-order valence-electron chi connectivity index (χ0n) is 21.6.